The number of benzene rings is 2. The van der Waals surface area contributed by atoms with Crippen LogP contribution in [0.4, 0.5) is 18.3 Å². The largest absolute Gasteiger partial charge is 0.416 e. The molecular weight excluding hydrogens is 537 g/mol. The van der Waals surface area contributed by atoms with Crippen molar-refractivity contribution in [3.63, 3.8) is 0 Å². The first-order valence-electron chi connectivity index (χ1n) is 9.57. The Bertz CT molecular complexity index is 1290. The van der Waals surface area contributed by atoms with Crippen LogP contribution in [0, 0.1) is 6.92 Å². The summed E-state index contributed by atoms with van der Waals surface area (Å²) in [6.07, 6.45) is -2.89. The average molecular weight is 553 g/mol. The topological polar surface area (TPSA) is 59.8 Å². The van der Waals surface area contributed by atoms with Crippen LogP contribution in [0.3, 0.4) is 0 Å². The minimum Gasteiger partial charge on any atom is -0.301 e. The van der Waals surface area contributed by atoms with Crippen molar-refractivity contribution in [1.29, 1.82) is 0 Å². The van der Waals surface area contributed by atoms with E-state index in [2.05, 4.69) is 31.2 Å². The molecular formula is C22H16BrF3N4OS2. The minimum atomic E-state index is -4.48. The summed E-state index contributed by atoms with van der Waals surface area (Å²) in [5.74, 6) is -0.257. The molecule has 2 aromatic heterocycles. The van der Waals surface area contributed by atoms with Gasteiger partial charge in [-0.15, -0.1) is 11.3 Å². The summed E-state index contributed by atoms with van der Waals surface area (Å²) in [5, 5.41) is 5.45. The normalized spacial score (nSPS) is 11.5. The molecule has 170 valence electrons. The standard InChI is InChI=1S/C22H16BrF3N4OS2/c1-13-11-32-20(28-13)29-19(31)12-33-21-27-10-18(14-5-7-16(23)8-6-14)30(21)17-4-2-3-15(9-17)22(24,25)26/h2-11H,12H2,1H3,(H,28,29,31). The quantitative estimate of drug-likeness (QED) is 0.267. The fourth-order valence-electron chi connectivity index (χ4n) is 3.03. The lowest BCUT2D eigenvalue weighted by Crippen LogP contribution is -2.14. The molecule has 0 aliphatic rings. The summed E-state index contributed by atoms with van der Waals surface area (Å²) < 4.78 is 42.5. The smallest absolute Gasteiger partial charge is 0.301 e. The van der Waals surface area contributed by atoms with Gasteiger partial charge in [0.25, 0.3) is 0 Å². The molecule has 2 aromatic carbocycles. The van der Waals surface area contributed by atoms with Crippen molar-refractivity contribution in [2.75, 3.05) is 11.1 Å². The van der Waals surface area contributed by atoms with E-state index in [1.807, 2.05) is 36.6 Å². The zero-order chi connectivity index (χ0) is 23.6. The summed E-state index contributed by atoms with van der Waals surface area (Å²) in [4.78, 5) is 21.0. The maximum Gasteiger partial charge on any atom is 0.416 e. The highest BCUT2D eigenvalue weighted by Gasteiger charge is 2.31. The Labute approximate surface area is 204 Å². The van der Waals surface area contributed by atoms with Crippen LogP contribution >= 0.6 is 39.0 Å². The molecule has 0 aliphatic heterocycles. The number of imidazole rings is 1. The second-order valence-corrected chi connectivity index (χ2v) is 9.66. The molecule has 1 N–H and O–H groups in total. The fourth-order valence-corrected chi connectivity index (χ4v) is 4.79. The van der Waals surface area contributed by atoms with Crippen molar-refractivity contribution < 1.29 is 18.0 Å². The van der Waals surface area contributed by atoms with Crippen LogP contribution < -0.4 is 5.32 Å². The van der Waals surface area contributed by atoms with Crippen molar-refractivity contribution in [3.05, 3.63) is 75.8 Å². The van der Waals surface area contributed by atoms with Crippen molar-refractivity contribution in [2.45, 2.75) is 18.3 Å². The molecule has 0 unspecified atom stereocenters. The van der Waals surface area contributed by atoms with E-state index >= 15 is 0 Å². The number of nitrogens with zero attached hydrogens (tertiary/aromatic N) is 3. The average Bonchev–Trinajstić information content (AvgIpc) is 3.38. The van der Waals surface area contributed by atoms with Gasteiger partial charge in [0.15, 0.2) is 10.3 Å². The highest BCUT2D eigenvalue weighted by Crippen LogP contribution is 2.34. The number of aryl methyl sites for hydroxylation is 1. The number of anilines is 1. The lowest BCUT2D eigenvalue weighted by molar-refractivity contribution is -0.137. The third-order valence-electron chi connectivity index (χ3n) is 4.50. The van der Waals surface area contributed by atoms with Gasteiger partial charge in [0.2, 0.25) is 5.91 Å². The van der Waals surface area contributed by atoms with Gasteiger partial charge >= 0.3 is 6.18 Å². The van der Waals surface area contributed by atoms with Crippen LogP contribution in [0.2, 0.25) is 0 Å². The Morgan fingerprint density at radius 2 is 1.97 bits per heavy atom. The lowest BCUT2D eigenvalue weighted by Gasteiger charge is -2.14. The predicted octanol–water partition coefficient (Wildman–Crippen LogP) is 6.82. The lowest BCUT2D eigenvalue weighted by atomic mass is 10.1. The summed E-state index contributed by atoms with van der Waals surface area (Å²) in [5.41, 5.74) is 1.74. The van der Waals surface area contributed by atoms with E-state index in [1.165, 1.54) is 17.4 Å². The molecule has 1 amide bonds. The highest BCUT2D eigenvalue weighted by molar-refractivity contribution is 9.10. The molecule has 0 saturated carbocycles. The third kappa shape index (κ3) is 5.66. The maximum absolute atomic E-state index is 13.3. The maximum atomic E-state index is 13.3. The Morgan fingerprint density at radius 3 is 2.64 bits per heavy atom. The Kier molecular flexibility index (Phi) is 6.91. The van der Waals surface area contributed by atoms with Gasteiger partial charge in [-0.2, -0.15) is 13.2 Å². The van der Waals surface area contributed by atoms with Gasteiger partial charge < -0.3 is 5.32 Å². The molecule has 5 nitrogen and oxygen atoms in total. The number of aromatic nitrogens is 3. The van der Waals surface area contributed by atoms with Crippen LogP contribution in [0.1, 0.15) is 11.3 Å². The number of alkyl halides is 3. The molecule has 0 saturated heterocycles. The molecule has 4 rings (SSSR count). The Morgan fingerprint density at radius 1 is 1.21 bits per heavy atom. The minimum absolute atomic E-state index is 0.0222. The van der Waals surface area contributed by atoms with E-state index in [9.17, 15) is 18.0 Å². The summed E-state index contributed by atoms with van der Waals surface area (Å²) in [6, 6.07) is 12.4. The molecule has 2 heterocycles. The zero-order valence-corrected chi connectivity index (χ0v) is 20.3. The summed E-state index contributed by atoms with van der Waals surface area (Å²) in [6.45, 7) is 1.83. The molecule has 4 aromatic rings. The van der Waals surface area contributed by atoms with E-state index in [0.29, 0.717) is 21.7 Å². The highest BCUT2D eigenvalue weighted by atomic mass is 79.9. The second kappa shape index (κ2) is 9.70. The first-order valence-corrected chi connectivity index (χ1v) is 12.2. The van der Waals surface area contributed by atoms with Crippen LogP contribution in [0.25, 0.3) is 16.9 Å². The van der Waals surface area contributed by atoms with Crippen LogP contribution in [-0.4, -0.2) is 26.2 Å². The van der Waals surface area contributed by atoms with Crippen molar-refractivity contribution >= 4 is 50.1 Å². The summed E-state index contributed by atoms with van der Waals surface area (Å²) >= 11 is 5.84. The number of hydrogen-bond acceptors (Lipinski definition) is 5. The number of rotatable bonds is 6. The Balaban J connectivity index is 1.67. The number of carbonyl (C=O) groups is 1. The predicted molar refractivity (Wildman–Crippen MR) is 128 cm³/mol. The molecule has 11 heteroatoms. The van der Waals surface area contributed by atoms with E-state index < -0.39 is 11.7 Å². The van der Waals surface area contributed by atoms with E-state index in [1.54, 1.807) is 16.8 Å². The van der Waals surface area contributed by atoms with E-state index in [4.69, 9.17) is 0 Å². The zero-order valence-electron chi connectivity index (χ0n) is 17.1. The van der Waals surface area contributed by atoms with E-state index in [0.717, 1.165) is 39.6 Å². The first-order chi connectivity index (χ1) is 15.7. The number of thioether (sulfide) groups is 1. The number of thiazole rings is 1. The fraction of sp³-hybridized carbons (Fsp3) is 0.136. The van der Waals surface area contributed by atoms with Crippen LogP contribution in [-0.2, 0) is 11.0 Å². The van der Waals surface area contributed by atoms with Gasteiger partial charge in [0.1, 0.15) is 0 Å². The van der Waals surface area contributed by atoms with Crippen LogP contribution in [0.5, 0.6) is 0 Å². The molecule has 0 bridgehead atoms. The molecule has 0 fully saturated rings. The van der Waals surface area contributed by atoms with Gasteiger partial charge in [-0.25, -0.2) is 9.97 Å². The SMILES string of the molecule is Cc1csc(NC(=O)CSc2ncc(-c3ccc(Br)cc3)n2-c2cccc(C(F)(F)F)c2)n1. The molecule has 33 heavy (non-hydrogen) atoms. The Hall–Kier alpha value is -2.63. The van der Waals surface area contributed by atoms with Gasteiger partial charge in [-0.05, 0) is 37.3 Å². The number of hydrogen-bond donors (Lipinski definition) is 1. The number of nitrogens with one attached hydrogen (secondary N) is 1. The van der Waals surface area contributed by atoms with Crippen molar-refractivity contribution in [3.8, 4) is 16.9 Å². The van der Waals surface area contributed by atoms with E-state index in [-0.39, 0.29) is 11.7 Å². The van der Waals surface area contributed by atoms with Crippen molar-refractivity contribution in [2.24, 2.45) is 0 Å². The molecule has 0 spiro atoms. The third-order valence-corrected chi connectivity index (χ3v) is 6.86. The van der Waals surface area contributed by atoms with Crippen LogP contribution in [0.15, 0.2) is 69.7 Å². The number of carbonyl (C=O) groups excluding carboxylic acids is 1. The van der Waals surface area contributed by atoms with Gasteiger partial charge in [-0.1, -0.05) is 45.9 Å². The monoisotopic (exact) mass is 552 g/mol. The van der Waals surface area contributed by atoms with Gasteiger partial charge in [0.05, 0.1) is 28.9 Å². The second-order valence-electron chi connectivity index (χ2n) is 6.95. The van der Waals surface area contributed by atoms with Crippen molar-refractivity contribution in [1.82, 2.24) is 14.5 Å². The molecule has 0 aliphatic carbocycles. The first kappa shape index (κ1) is 23.5. The molecule has 0 atom stereocenters. The number of halogens is 4. The van der Waals surface area contributed by atoms with Gasteiger partial charge in [0, 0.05) is 21.1 Å². The van der Waals surface area contributed by atoms with Gasteiger partial charge in [-0.3, -0.25) is 9.36 Å². The molecule has 0 radical (unpaired) electrons. The number of amides is 1. The summed E-state index contributed by atoms with van der Waals surface area (Å²) in [7, 11) is 0.